The number of sulfonamides is 1. The maximum absolute atomic E-state index is 12.9. The number of benzene rings is 1. The summed E-state index contributed by atoms with van der Waals surface area (Å²) in [7, 11) is -4.18. The van der Waals surface area contributed by atoms with Crippen molar-refractivity contribution in [3.05, 3.63) is 55.9 Å². The number of amides is 1. The topological polar surface area (TPSA) is 118 Å². The fourth-order valence-electron chi connectivity index (χ4n) is 2.86. The molecule has 0 saturated heterocycles. The summed E-state index contributed by atoms with van der Waals surface area (Å²) in [5.41, 5.74) is 2.58. The van der Waals surface area contributed by atoms with Gasteiger partial charge in [0.25, 0.3) is 21.8 Å². The molecule has 0 atom stereocenters. The molecule has 11 heteroatoms. The van der Waals surface area contributed by atoms with Crippen molar-refractivity contribution in [2.24, 2.45) is 0 Å². The summed E-state index contributed by atoms with van der Waals surface area (Å²) in [6.45, 7) is 6.56. The molecule has 2 N–H and O–H groups in total. The van der Waals surface area contributed by atoms with Crippen molar-refractivity contribution in [1.29, 1.82) is 0 Å². The predicted molar refractivity (Wildman–Crippen MR) is 115 cm³/mol. The molecule has 8 nitrogen and oxygen atoms in total. The third-order valence-electron chi connectivity index (χ3n) is 4.24. The fourth-order valence-corrected chi connectivity index (χ4v) is 5.35. The van der Waals surface area contributed by atoms with Crippen LogP contribution in [0.2, 0.25) is 5.02 Å². The molecule has 0 spiro atoms. The number of rotatable bonds is 6. The molecule has 2 aromatic heterocycles. The van der Waals surface area contributed by atoms with Gasteiger partial charge in [-0.15, -0.1) is 11.3 Å². The highest BCUT2D eigenvalue weighted by Gasteiger charge is 2.27. The summed E-state index contributed by atoms with van der Waals surface area (Å²) in [6, 6.07) is 4.80. The van der Waals surface area contributed by atoms with Crippen molar-refractivity contribution in [2.45, 2.75) is 32.6 Å². The first-order valence-corrected chi connectivity index (χ1v) is 11.4. The number of nitrogens with zero attached hydrogens (tertiary/aromatic N) is 1. The van der Waals surface area contributed by atoms with E-state index in [2.05, 4.69) is 15.2 Å². The highest BCUT2D eigenvalue weighted by atomic mass is 35.5. The molecule has 0 aliphatic heterocycles. The normalized spacial score (nSPS) is 11.4. The lowest BCUT2D eigenvalue weighted by Gasteiger charge is -2.14. The van der Waals surface area contributed by atoms with Gasteiger partial charge in [0.2, 0.25) is 0 Å². The zero-order valence-corrected chi connectivity index (χ0v) is 18.9. The van der Waals surface area contributed by atoms with Crippen LogP contribution in [0.5, 0.6) is 0 Å². The van der Waals surface area contributed by atoms with E-state index in [1.54, 1.807) is 19.9 Å². The number of anilines is 2. The van der Waals surface area contributed by atoms with E-state index in [1.165, 1.54) is 18.4 Å². The Balaban J connectivity index is 1.95. The van der Waals surface area contributed by atoms with E-state index in [-0.39, 0.29) is 26.5 Å². The Morgan fingerprint density at radius 3 is 2.50 bits per heavy atom. The smallest absolute Gasteiger partial charge is 0.267 e. The molecule has 30 heavy (non-hydrogen) atoms. The van der Waals surface area contributed by atoms with Crippen LogP contribution in [0.1, 0.15) is 43.8 Å². The Labute approximate surface area is 182 Å². The quantitative estimate of drug-likeness (QED) is 0.512. The minimum absolute atomic E-state index is 0.0289. The van der Waals surface area contributed by atoms with E-state index in [9.17, 15) is 18.0 Å². The first-order valence-electron chi connectivity index (χ1n) is 8.67. The molecule has 0 radical (unpaired) electrons. The Bertz CT molecular complexity index is 1260. The third kappa shape index (κ3) is 4.25. The van der Waals surface area contributed by atoms with Crippen LogP contribution in [0.3, 0.4) is 0 Å². The van der Waals surface area contributed by atoms with Crippen molar-refractivity contribution in [3.8, 4) is 0 Å². The van der Waals surface area contributed by atoms with Gasteiger partial charge in [0.05, 0.1) is 5.69 Å². The summed E-state index contributed by atoms with van der Waals surface area (Å²) >= 11 is 6.92. The zero-order valence-electron chi connectivity index (χ0n) is 16.5. The van der Waals surface area contributed by atoms with Crippen LogP contribution < -0.4 is 10.0 Å². The number of ketones is 1. The molecule has 0 saturated carbocycles. The summed E-state index contributed by atoms with van der Waals surface area (Å²) in [4.78, 5) is 24.6. The minimum atomic E-state index is -4.18. The Kier molecular flexibility index (Phi) is 6.02. The molecule has 0 bridgehead atoms. The Hall–Kier alpha value is -2.69. The molecule has 158 valence electrons. The lowest BCUT2D eigenvalue weighted by atomic mass is 10.0. The molecule has 1 amide bonds. The number of hydrogen-bond acceptors (Lipinski definition) is 7. The molecular weight excluding hydrogens is 450 g/mol. The van der Waals surface area contributed by atoms with E-state index >= 15 is 0 Å². The van der Waals surface area contributed by atoms with Crippen LogP contribution in [0.15, 0.2) is 33.0 Å². The Morgan fingerprint density at radius 1 is 1.20 bits per heavy atom. The summed E-state index contributed by atoms with van der Waals surface area (Å²) in [5, 5.41) is 7.78. The molecule has 3 rings (SSSR count). The highest BCUT2D eigenvalue weighted by Crippen LogP contribution is 2.31. The molecule has 3 aromatic rings. The number of Topliss-reactive ketones (excluding diaryl/α,β-unsaturated/α-hetero) is 1. The van der Waals surface area contributed by atoms with Gasteiger partial charge in [-0.1, -0.05) is 22.8 Å². The number of thiophene rings is 1. The minimum Gasteiger partial charge on any atom is -0.336 e. The second-order valence-corrected chi connectivity index (χ2v) is 9.59. The van der Waals surface area contributed by atoms with Crippen molar-refractivity contribution in [2.75, 3.05) is 10.0 Å². The van der Waals surface area contributed by atoms with Crippen LogP contribution >= 0.6 is 22.9 Å². The summed E-state index contributed by atoms with van der Waals surface area (Å²) in [6.07, 6.45) is 0. The standard InChI is InChI=1S/C19H18ClN3O5S2/c1-9-7-10(2)16(13(8-9)12(4)24)21-18(25)17-14(5-6-29-17)30(26,27)23-19-15(20)11(3)22-28-19/h5-8,23H,1-4H3,(H,21,25). The van der Waals surface area contributed by atoms with Crippen molar-refractivity contribution < 1.29 is 22.5 Å². The van der Waals surface area contributed by atoms with E-state index in [0.717, 1.165) is 16.9 Å². The molecular formula is C19H18ClN3O5S2. The molecule has 1 aromatic carbocycles. The average Bonchev–Trinajstić information content (AvgIpc) is 3.26. The van der Waals surface area contributed by atoms with Crippen LogP contribution in [0.25, 0.3) is 0 Å². The van der Waals surface area contributed by atoms with Crippen LogP contribution in [0, 0.1) is 20.8 Å². The first-order chi connectivity index (χ1) is 14.0. The van der Waals surface area contributed by atoms with Gasteiger partial charge in [0, 0.05) is 5.56 Å². The number of halogens is 1. The number of carbonyl (C=O) groups is 2. The van der Waals surface area contributed by atoms with Gasteiger partial charge < -0.3 is 9.84 Å². The van der Waals surface area contributed by atoms with Crippen molar-refractivity contribution in [3.63, 3.8) is 0 Å². The monoisotopic (exact) mass is 467 g/mol. The predicted octanol–water partition coefficient (Wildman–Crippen LogP) is 4.57. The highest BCUT2D eigenvalue weighted by molar-refractivity contribution is 7.93. The zero-order chi connectivity index (χ0) is 22.2. The lowest BCUT2D eigenvalue weighted by molar-refractivity contribution is 0.101. The van der Waals surface area contributed by atoms with Gasteiger partial charge >= 0.3 is 0 Å². The maximum Gasteiger partial charge on any atom is 0.267 e. The lowest BCUT2D eigenvalue weighted by Crippen LogP contribution is -2.19. The molecule has 0 fully saturated rings. The van der Waals surface area contributed by atoms with Gasteiger partial charge in [0.15, 0.2) is 5.78 Å². The van der Waals surface area contributed by atoms with Crippen LogP contribution in [-0.4, -0.2) is 25.3 Å². The van der Waals surface area contributed by atoms with Gasteiger partial charge in [-0.2, -0.15) is 0 Å². The first kappa shape index (κ1) is 22.0. The van der Waals surface area contributed by atoms with E-state index in [0.29, 0.717) is 22.5 Å². The van der Waals surface area contributed by atoms with E-state index < -0.39 is 15.9 Å². The number of aromatic nitrogens is 1. The largest absolute Gasteiger partial charge is 0.336 e. The van der Waals surface area contributed by atoms with Crippen molar-refractivity contribution in [1.82, 2.24) is 5.16 Å². The number of hydrogen-bond donors (Lipinski definition) is 2. The fraction of sp³-hybridized carbons (Fsp3) is 0.211. The van der Waals surface area contributed by atoms with Crippen LogP contribution in [0.4, 0.5) is 11.6 Å². The second kappa shape index (κ2) is 8.21. The SMILES string of the molecule is CC(=O)c1cc(C)cc(C)c1NC(=O)c1sccc1S(=O)(=O)Nc1onc(C)c1Cl. The second-order valence-electron chi connectivity index (χ2n) is 6.65. The van der Waals surface area contributed by atoms with Gasteiger partial charge in [0.1, 0.15) is 20.5 Å². The molecule has 0 aliphatic carbocycles. The molecule has 2 heterocycles. The maximum atomic E-state index is 12.9. The number of aryl methyl sites for hydroxylation is 3. The van der Waals surface area contributed by atoms with Gasteiger partial charge in [-0.05, 0) is 56.3 Å². The van der Waals surface area contributed by atoms with Crippen molar-refractivity contribution >= 4 is 56.2 Å². The number of nitrogens with one attached hydrogen (secondary N) is 2. The van der Waals surface area contributed by atoms with Crippen LogP contribution in [-0.2, 0) is 10.0 Å². The average molecular weight is 468 g/mol. The molecule has 0 unspecified atom stereocenters. The summed E-state index contributed by atoms with van der Waals surface area (Å²) < 4.78 is 32.7. The van der Waals surface area contributed by atoms with Gasteiger partial charge in [-0.3, -0.25) is 9.59 Å². The molecule has 0 aliphatic rings. The van der Waals surface area contributed by atoms with E-state index in [4.69, 9.17) is 16.1 Å². The van der Waals surface area contributed by atoms with E-state index in [1.807, 2.05) is 13.0 Å². The summed E-state index contributed by atoms with van der Waals surface area (Å²) in [5.74, 6) is -1.10. The number of carbonyl (C=O) groups excluding carboxylic acids is 2. The van der Waals surface area contributed by atoms with Gasteiger partial charge in [-0.25, -0.2) is 13.1 Å². The Morgan fingerprint density at radius 2 is 1.90 bits per heavy atom. The third-order valence-corrected chi connectivity index (χ3v) is 7.10.